The number of rotatable bonds is 7. The Morgan fingerprint density at radius 3 is 2.42 bits per heavy atom. The molecule has 2 heterocycles. The van der Waals surface area contributed by atoms with Crippen molar-refractivity contribution >= 4 is 16.7 Å². The van der Waals surface area contributed by atoms with E-state index in [1.807, 2.05) is 13.0 Å². The van der Waals surface area contributed by atoms with Crippen LogP contribution in [0.1, 0.15) is 17.5 Å². The number of para-hydroxylation sites is 1. The topological polar surface area (TPSA) is 55.2 Å². The molecule has 0 bridgehead atoms. The van der Waals surface area contributed by atoms with Crippen molar-refractivity contribution in [2.45, 2.75) is 20.3 Å². The summed E-state index contributed by atoms with van der Waals surface area (Å²) in [6.07, 6.45) is 0.939. The molecule has 1 aromatic heterocycles. The molecule has 4 rings (SSSR count). The zero-order chi connectivity index (χ0) is 21.8. The fourth-order valence-corrected chi connectivity index (χ4v) is 4.06. The summed E-state index contributed by atoms with van der Waals surface area (Å²) in [6, 6.07) is 14.2. The maximum atomic E-state index is 12.0. The summed E-state index contributed by atoms with van der Waals surface area (Å²) in [5.41, 5.74) is 3.05. The lowest BCUT2D eigenvalue weighted by Gasteiger charge is -2.36. The predicted octanol–water partition coefficient (Wildman–Crippen LogP) is 4.01. The van der Waals surface area contributed by atoms with Crippen molar-refractivity contribution in [2.24, 2.45) is 0 Å². The van der Waals surface area contributed by atoms with E-state index in [2.05, 4.69) is 40.1 Å². The van der Waals surface area contributed by atoms with Crippen LogP contribution in [0, 0.1) is 13.8 Å². The lowest BCUT2D eigenvalue weighted by Crippen LogP contribution is -2.46. The lowest BCUT2D eigenvalue weighted by atomic mass is 10.1. The minimum atomic E-state index is -0.312. The van der Waals surface area contributed by atoms with Gasteiger partial charge in [-0.1, -0.05) is 18.2 Å². The van der Waals surface area contributed by atoms with Crippen LogP contribution in [-0.2, 0) is 0 Å². The maximum absolute atomic E-state index is 12.0. The second-order valence-electron chi connectivity index (χ2n) is 8.00. The normalized spacial score (nSPS) is 14.7. The number of benzene rings is 2. The second kappa shape index (κ2) is 9.43. The highest BCUT2D eigenvalue weighted by atomic mass is 16.5. The van der Waals surface area contributed by atoms with Gasteiger partial charge in [0.2, 0.25) is 0 Å². The molecule has 0 aliphatic carbocycles. The third-order valence-corrected chi connectivity index (χ3v) is 6.11. The van der Waals surface area contributed by atoms with Crippen LogP contribution in [0.25, 0.3) is 11.0 Å². The number of fused-ring (bicyclic) bond motifs is 1. The van der Waals surface area contributed by atoms with Crippen molar-refractivity contribution in [3.05, 3.63) is 64.0 Å². The van der Waals surface area contributed by atoms with Gasteiger partial charge in [0.15, 0.2) is 11.5 Å². The molecule has 1 saturated heterocycles. The van der Waals surface area contributed by atoms with E-state index >= 15 is 0 Å². The predicted molar refractivity (Wildman–Crippen MR) is 124 cm³/mol. The highest BCUT2D eigenvalue weighted by molar-refractivity contribution is 5.84. The van der Waals surface area contributed by atoms with Crippen LogP contribution in [0.2, 0.25) is 0 Å². The minimum Gasteiger partial charge on any atom is -0.493 e. The summed E-state index contributed by atoms with van der Waals surface area (Å²) >= 11 is 0. The van der Waals surface area contributed by atoms with E-state index in [4.69, 9.17) is 13.9 Å². The van der Waals surface area contributed by atoms with Crippen molar-refractivity contribution in [3.63, 3.8) is 0 Å². The van der Waals surface area contributed by atoms with Crippen LogP contribution in [0.3, 0.4) is 0 Å². The third kappa shape index (κ3) is 4.69. The number of hydrogen-bond acceptors (Lipinski definition) is 6. The summed E-state index contributed by atoms with van der Waals surface area (Å²) in [4.78, 5) is 16.9. The van der Waals surface area contributed by atoms with Crippen LogP contribution in [0.15, 0.2) is 51.7 Å². The van der Waals surface area contributed by atoms with Gasteiger partial charge in [0.25, 0.3) is 0 Å². The van der Waals surface area contributed by atoms with Gasteiger partial charge in [-0.3, -0.25) is 4.90 Å². The smallest absolute Gasteiger partial charge is 0.339 e. The van der Waals surface area contributed by atoms with E-state index < -0.39 is 0 Å². The Hall–Kier alpha value is -2.99. The summed E-state index contributed by atoms with van der Waals surface area (Å²) < 4.78 is 16.9. The average molecular weight is 423 g/mol. The van der Waals surface area contributed by atoms with Crippen LogP contribution >= 0.6 is 0 Å². The zero-order valence-corrected chi connectivity index (χ0v) is 18.5. The number of hydrogen-bond donors (Lipinski definition) is 0. The Bertz CT molecular complexity index is 1090. The quantitative estimate of drug-likeness (QED) is 0.424. The number of methoxy groups -OCH3 is 1. The third-order valence-electron chi connectivity index (χ3n) is 6.11. The number of nitrogens with zero attached hydrogens (tertiary/aromatic N) is 2. The molecule has 0 N–H and O–H groups in total. The SMILES string of the molecule is COc1cc2oc(=O)c(C)c(C)c2cc1OCCCN1CCN(c2ccccc2)CC1. The molecule has 1 aliphatic heterocycles. The van der Waals surface area contributed by atoms with Crippen molar-refractivity contribution in [3.8, 4) is 11.5 Å². The van der Waals surface area contributed by atoms with Crippen molar-refractivity contribution in [2.75, 3.05) is 51.3 Å². The number of piperazine rings is 1. The van der Waals surface area contributed by atoms with Crippen LogP contribution < -0.4 is 20.0 Å². The van der Waals surface area contributed by atoms with Gasteiger partial charge in [0.1, 0.15) is 5.58 Å². The van der Waals surface area contributed by atoms with E-state index in [0.717, 1.165) is 50.1 Å². The molecule has 0 unspecified atom stereocenters. The molecular weight excluding hydrogens is 392 g/mol. The Labute approximate surface area is 183 Å². The second-order valence-corrected chi connectivity index (χ2v) is 8.00. The molecule has 0 saturated carbocycles. The van der Waals surface area contributed by atoms with Gasteiger partial charge in [0.05, 0.1) is 13.7 Å². The van der Waals surface area contributed by atoms with Crippen LogP contribution in [0.5, 0.6) is 11.5 Å². The summed E-state index contributed by atoms with van der Waals surface area (Å²) in [5.74, 6) is 1.26. The molecule has 0 radical (unpaired) electrons. The van der Waals surface area contributed by atoms with Gasteiger partial charge < -0.3 is 18.8 Å². The first-order valence-electron chi connectivity index (χ1n) is 10.8. The molecule has 0 atom stereocenters. The average Bonchev–Trinajstić information content (AvgIpc) is 2.81. The molecule has 0 amide bonds. The van der Waals surface area contributed by atoms with Crippen LogP contribution in [-0.4, -0.2) is 51.3 Å². The zero-order valence-electron chi connectivity index (χ0n) is 18.5. The van der Waals surface area contributed by atoms with Crippen molar-refractivity contribution in [1.82, 2.24) is 4.90 Å². The molecule has 1 aliphatic rings. The molecule has 2 aromatic carbocycles. The first-order valence-corrected chi connectivity index (χ1v) is 10.8. The standard InChI is InChI=1S/C25H30N2O4/c1-18-19(2)25(28)31-22-17-23(29-3)24(16-21(18)22)30-15-7-10-26-11-13-27(14-12-26)20-8-5-4-6-9-20/h4-6,8-9,16-17H,7,10-15H2,1-3H3. The van der Waals surface area contributed by atoms with Gasteiger partial charge in [-0.2, -0.15) is 0 Å². The fraction of sp³-hybridized carbons (Fsp3) is 0.400. The lowest BCUT2D eigenvalue weighted by molar-refractivity contribution is 0.221. The number of anilines is 1. The highest BCUT2D eigenvalue weighted by Crippen LogP contribution is 2.34. The molecular formula is C25H30N2O4. The molecule has 3 aromatic rings. The monoisotopic (exact) mass is 422 g/mol. The Morgan fingerprint density at radius 1 is 0.968 bits per heavy atom. The minimum absolute atomic E-state index is 0.312. The van der Waals surface area contributed by atoms with Gasteiger partial charge in [0, 0.05) is 55.4 Å². The van der Waals surface area contributed by atoms with E-state index in [0.29, 0.717) is 29.3 Å². The molecule has 1 fully saturated rings. The Morgan fingerprint density at radius 2 is 1.71 bits per heavy atom. The molecule has 0 spiro atoms. The molecule has 6 nitrogen and oxygen atoms in total. The van der Waals surface area contributed by atoms with Gasteiger partial charge in [-0.25, -0.2) is 4.79 Å². The number of ether oxygens (including phenoxy) is 2. The number of aryl methyl sites for hydroxylation is 1. The largest absolute Gasteiger partial charge is 0.493 e. The molecule has 164 valence electrons. The van der Waals surface area contributed by atoms with Crippen LogP contribution in [0.4, 0.5) is 5.69 Å². The van der Waals surface area contributed by atoms with Crippen molar-refractivity contribution in [1.29, 1.82) is 0 Å². The first-order chi connectivity index (χ1) is 15.1. The van der Waals surface area contributed by atoms with E-state index in [-0.39, 0.29) is 5.63 Å². The summed E-state index contributed by atoms with van der Waals surface area (Å²) in [5, 5.41) is 0.880. The first kappa shape index (κ1) is 21.2. The van der Waals surface area contributed by atoms with E-state index in [9.17, 15) is 4.79 Å². The summed E-state index contributed by atoms with van der Waals surface area (Å²) in [6.45, 7) is 9.54. The van der Waals surface area contributed by atoms with Gasteiger partial charge in [-0.15, -0.1) is 0 Å². The van der Waals surface area contributed by atoms with E-state index in [1.165, 1.54) is 5.69 Å². The van der Waals surface area contributed by atoms with E-state index in [1.54, 1.807) is 20.1 Å². The van der Waals surface area contributed by atoms with Crippen molar-refractivity contribution < 1.29 is 13.9 Å². The summed E-state index contributed by atoms with van der Waals surface area (Å²) in [7, 11) is 1.60. The Balaban J connectivity index is 1.32. The maximum Gasteiger partial charge on any atom is 0.339 e. The fourth-order valence-electron chi connectivity index (χ4n) is 4.06. The van der Waals surface area contributed by atoms with Gasteiger partial charge in [-0.05, 0) is 44.0 Å². The Kier molecular flexibility index (Phi) is 6.47. The van der Waals surface area contributed by atoms with Gasteiger partial charge >= 0.3 is 5.63 Å². The molecule has 6 heteroatoms. The highest BCUT2D eigenvalue weighted by Gasteiger charge is 2.17. The molecule has 31 heavy (non-hydrogen) atoms.